The Morgan fingerprint density at radius 1 is 1.03 bits per heavy atom. The van der Waals surface area contributed by atoms with Gasteiger partial charge in [-0.25, -0.2) is 4.68 Å². The van der Waals surface area contributed by atoms with Crippen LogP contribution in [0.3, 0.4) is 0 Å². The molecule has 0 bridgehead atoms. The Morgan fingerprint density at radius 3 is 2.58 bits per heavy atom. The van der Waals surface area contributed by atoms with Gasteiger partial charge in [-0.05, 0) is 30.3 Å². The maximum atomic E-state index is 13.6. The summed E-state index contributed by atoms with van der Waals surface area (Å²) in [4.78, 5) is 30.6. The van der Waals surface area contributed by atoms with E-state index in [1.54, 1.807) is 6.20 Å². The molecule has 0 radical (unpaired) electrons. The molecule has 0 N–H and O–H groups in total. The van der Waals surface area contributed by atoms with Crippen molar-refractivity contribution in [3.8, 4) is 0 Å². The molecule has 2 aromatic heterocycles. The second-order valence-corrected chi connectivity index (χ2v) is 8.85. The summed E-state index contributed by atoms with van der Waals surface area (Å²) in [6.45, 7) is 6.62. The Morgan fingerprint density at radius 2 is 1.82 bits per heavy atom. The monoisotopic (exact) mass is 463 g/mol. The summed E-state index contributed by atoms with van der Waals surface area (Å²) in [5.41, 5.74) is 2.24. The highest BCUT2D eigenvalue weighted by molar-refractivity contribution is 6.30. The fourth-order valence-corrected chi connectivity index (χ4v) is 4.84. The molecule has 170 valence electrons. The van der Waals surface area contributed by atoms with Crippen LogP contribution in [0.2, 0.25) is 5.02 Å². The maximum Gasteiger partial charge on any atom is 0.291 e. The lowest BCUT2D eigenvalue weighted by atomic mass is 10.2. The second-order valence-electron chi connectivity index (χ2n) is 8.42. The minimum absolute atomic E-state index is 0.0560. The van der Waals surface area contributed by atoms with Crippen LogP contribution in [0.4, 0.5) is 0 Å². The zero-order valence-electron chi connectivity index (χ0n) is 18.6. The Balaban J connectivity index is 1.53. The Kier molecular flexibility index (Phi) is 5.91. The average molecular weight is 464 g/mol. The first-order valence-corrected chi connectivity index (χ1v) is 11.6. The Labute approximate surface area is 196 Å². The van der Waals surface area contributed by atoms with E-state index >= 15 is 0 Å². The van der Waals surface area contributed by atoms with Crippen molar-refractivity contribution in [3.63, 3.8) is 0 Å². The summed E-state index contributed by atoms with van der Waals surface area (Å²) in [5.74, 6) is -0.0720. The van der Waals surface area contributed by atoms with Gasteiger partial charge in [0.1, 0.15) is 12.1 Å². The number of carbonyl (C=O) groups is 1. The van der Waals surface area contributed by atoms with Crippen LogP contribution >= 0.6 is 11.6 Å². The number of rotatable bonds is 5. The van der Waals surface area contributed by atoms with Gasteiger partial charge < -0.3 is 14.4 Å². The van der Waals surface area contributed by atoms with Gasteiger partial charge in [0, 0.05) is 54.0 Å². The molecular formula is C25H26ClN5O2. The van der Waals surface area contributed by atoms with Gasteiger partial charge in [-0.3, -0.25) is 9.59 Å². The third kappa shape index (κ3) is 4.14. The van der Waals surface area contributed by atoms with Crippen molar-refractivity contribution in [2.24, 2.45) is 0 Å². The number of piperazine rings is 1. The molecule has 1 amide bonds. The van der Waals surface area contributed by atoms with E-state index in [9.17, 15) is 9.59 Å². The topological polar surface area (TPSA) is 63.4 Å². The SMILES string of the molecule is CCN1CCN(C(=O)Cn2ncc3c4ccccc4n(Cc4cccc(Cl)c4)c3c2=O)CC1. The van der Waals surface area contributed by atoms with Crippen LogP contribution in [0.15, 0.2) is 59.5 Å². The number of benzene rings is 2. The fraction of sp³-hybridized carbons (Fsp3) is 0.320. The van der Waals surface area contributed by atoms with Gasteiger partial charge in [0.15, 0.2) is 0 Å². The molecule has 5 rings (SSSR count). The molecule has 7 nitrogen and oxygen atoms in total. The van der Waals surface area contributed by atoms with Crippen LogP contribution in [0.1, 0.15) is 12.5 Å². The van der Waals surface area contributed by atoms with Crippen LogP contribution in [-0.2, 0) is 17.9 Å². The number of para-hydroxylation sites is 1. The molecule has 1 aliphatic heterocycles. The second kappa shape index (κ2) is 9.00. The van der Waals surface area contributed by atoms with Crippen LogP contribution in [0.5, 0.6) is 0 Å². The van der Waals surface area contributed by atoms with Crippen LogP contribution in [0, 0.1) is 0 Å². The predicted octanol–water partition coefficient (Wildman–Crippen LogP) is 3.22. The molecule has 1 saturated heterocycles. The summed E-state index contributed by atoms with van der Waals surface area (Å²) in [5, 5.41) is 6.78. The zero-order chi connectivity index (χ0) is 22.9. The average Bonchev–Trinajstić information content (AvgIpc) is 3.15. The summed E-state index contributed by atoms with van der Waals surface area (Å²) in [6, 6.07) is 15.5. The van der Waals surface area contributed by atoms with Gasteiger partial charge >= 0.3 is 0 Å². The molecule has 0 unspecified atom stereocenters. The number of hydrogen-bond donors (Lipinski definition) is 0. The summed E-state index contributed by atoms with van der Waals surface area (Å²) in [7, 11) is 0. The predicted molar refractivity (Wildman–Crippen MR) is 131 cm³/mol. The quantitative estimate of drug-likeness (QED) is 0.456. The molecule has 3 heterocycles. The van der Waals surface area contributed by atoms with Crippen molar-refractivity contribution in [1.29, 1.82) is 0 Å². The highest BCUT2D eigenvalue weighted by Crippen LogP contribution is 2.27. The van der Waals surface area contributed by atoms with Gasteiger partial charge in [-0.2, -0.15) is 5.10 Å². The molecule has 8 heteroatoms. The fourth-order valence-electron chi connectivity index (χ4n) is 4.63. The normalized spacial score (nSPS) is 14.9. The largest absolute Gasteiger partial charge is 0.339 e. The number of likely N-dealkylation sites (N-methyl/N-ethyl adjacent to an activating group) is 1. The number of carbonyl (C=O) groups excluding carboxylic acids is 1. The number of fused-ring (bicyclic) bond motifs is 3. The van der Waals surface area contributed by atoms with Crippen LogP contribution < -0.4 is 5.56 Å². The summed E-state index contributed by atoms with van der Waals surface area (Å²) in [6.07, 6.45) is 1.70. The lowest BCUT2D eigenvalue weighted by molar-refractivity contribution is -0.133. The van der Waals surface area contributed by atoms with E-state index in [1.165, 1.54) is 4.68 Å². The van der Waals surface area contributed by atoms with Gasteiger partial charge in [0.05, 0.1) is 6.20 Å². The molecule has 0 spiro atoms. The van der Waals surface area contributed by atoms with Crippen LogP contribution in [-0.4, -0.2) is 62.8 Å². The summed E-state index contributed by atoms with van der Waals surface area (Å²) >= 11 is 6.20. The van der Waals surface area contributed by atoms with E-state index in [0.29, 0.717) is 30.2 Å². The van der Waals surface area contributed by atoms with E-state index in [-0.39, 0.29) is 18.0 Å². The lowest BCUT2D eigenvalue weighted by Gasteiger charge is -2.34. The number of nitrogens with zero attached hydrogens (tertiary/aromatic N) is 5. The van der Waals surface area contributed by atoms with Gasteiger partial charge in [0.2, 0.25) is 5.91 Å². The molecular weight excluding hydrogens is 438 g/mol. The van der Waals surface area contributed by atoms with Gasteiger partial charge in [0.25, 0.3) is 5.56 Å². The molecule has 1 aliphatic rings. The van der Waals surface area contributed by atoms with E-state index in [4.69, 9.17) is 11.6 Å². The van der Waals surface area contributed by atoms with E-state index in [2.05, 4.69) is 16.9 Å². The van der Waals surface area contributed by atoms with Crippen molar-refractivity contribution < 1.29 is 4.79 Å². The summed E-state index contributed by atoms with van der Waals surface area (Å²) < 4.78 is 3.30. The van der Waals surface area contributed by atoms with Crippen LogP contribution in [0.25, 0.3) is 21.8 Å². The highest BCUT2D eigenvalue weighted by Gasteiger charge is 2.22. The van der Waals surface area contributed by atoms with Gasteiger partial charge in [-0.1, -0.05) is 48.9 Å². The van der Waals surface area contributed by atoms with Crippen molar-refractivity contribution in [2.75, 3.05) is 32.7 Å². The van der Waals surface area contributed by atoms with Crippen molar-refractivity contribution in [3.05, 3.63) is 75.7 Å². The van der Waals surface area contributed by atoms with Gasteiger partial charge in [-0.15, -0.1) is 0 Å². The molecule has 0 saturated carbocycles. The molecule has 1 fully saturated rings. The van der Waals surface area contributed by atoms with E-state index in [0.717, 1.165) is 41.5 Å². The third-order valence-corrected chi connectivity index (χ3v) is 6.70. The first-order valence-electron chi connectivity index (χ1n) is 11.3. The van der Waals surface area contributed by atoms with E-state index < -0.39 is 0 Å². The molecule has 33 heavy (non-hydrogen) atoms. The van der Waals surface area contributed by atoms with Crippen molar-refractivity contribution in [1.82, 2.24) is 24.1 Å². The Hall–Kier alpha value is -3.16. The maximum absolute atomic E-state index is 13.6. The molecule has 2 aromatic carbocycles. The third-order valence-electron chi connectivity index (χ3n) is 6.46. The zero-order valence-corrected chi connectivity index (χ0v) is 19.3. The number of hydrogen-bond acceptors (Lipinski definition) is 4. The highest BCUT2D eigenvalue weighted by atomic mass is 35.5. The lowest BCUT2D eigenvalue weighted by Crippen LogP contribution is -2.50. The van der Waals surface area contributed by atoms with E-state index in [1.807, 2.05) is 58.0 Å². The molecule has 0 aliphatic carbocycles. The molecule has 4 aromatic rings. The minimum Gasteiger partial charge on any atom is -0.339 e. The molecule has 0 atom stereocenters. The Bertz CT molecular complexity index is 1380. The standard InChI is InChI=1S/C25H26ClN5O2/c1-2-28-10-12-29(13-11-28)23(32)17-31-25(33)24-21(15-27-31)20-8-3-4-9-22(20)30(24)16-18-6-5-7-19(26)14-18/h3-9,14-15H,2,10-13,16-17H2,1H3. The first kappa shape index (κ1) is 21.7. The van der Waals surface area contributed by atoms with Crippen molar-refractivity contribution in [2.45, 2.75) is 20.0 Å². The number of amides is 1. The minimum atomic E-state index is -0.258. The van der Waals surface area contributed by atoms with Crippen molar-refractivity contribution >= 4 is 39.3 Å². The number of aromatic nitrogens is 3. The smallest absolute Gasteiger partial charge is 0.291 e. The first-order chi connectivity index (χ1) is 16.0. The number of halogens is 1.